The fraction of sp³-hybridized carbons (Fsp3) is 0.333. The van der Waals surface area contributed by atoms with Crippen LogP contribution in [0.1, 0.15) is 25.5 Å². The van der Waals surface area contributed by atoms with E-state index in [1.54, 1.807) is 6.20 Å². The lowest BCUT2D eigenvalue weighted by Gasteiger charge is -2.03. The minimum absolute atomic E-state index is 0.397. The molecule has 0 N–H and O–H groups in total. The molecular weight excluding hydrogens is 186 g/mol. The zero-order valence-electron chi connectivity index (χ0n) is 9.31. The molecule has 0 aliphatic heterocycles. The second kappa shape index (κ2) is 3.85. The van der Waals surface area contributed by atoms with Gasteiger partial charge in [0.15, 0.2) is 0 Å². The van der Waals surface area contributed by atoms with Crippen molar-refractivity contribution < 1.29 is 0 Å². The number of pyridine rings is 1. The Kier molecular flexibility index (Phi) is 2.54. The second-order valence-corrected chi connectivity index (χ2v) is 3.98. The molecule has 0 unspecified atom stereocenters. The van der Waals surface area contributed by atoms with Crippen LogP contribution < -0.4 is 0 Å². The first-order valence-corrected chi connectivity index (χ1v) is 5.14. The molecule has 0 spiro atoms. The van der Waals surface area contributed by atoms with Gasteiger partial charge in [0, 0.05) is 30.2 Å². The van der Waals surface area contributed by atoms with Crippen LogP contribution in [0.3, 0.4) is 0 Å². The van der Waals surface area contributed by atoms with Gasteiger partial charge in [-0.05, 0) is 38.5 Å². The number of hydrogen-bond donors (Lipinski definition) is 0. The summed E-state index contributed by atoms with van der Waals surface area (Å²) in [5.74, 6) is 0. The Morgan fingerprint density at radius 2 is 2.13 bits per heavy atom. The molecule has 78 valence electrons. The van der Waals surface area contributed by atoms with Crippen LogP contribution in [0.15, 0.2) is 30.7 Å². The molecule has 0 aliphatic rings. The summed E-state index contributed by atoms with van der Waals surface area (Å²) in [4.78, 5) is 4.11. The van der Waals surface area contributed by atoms with E-state index in [-0.39, 0.29) is 0 Å². The van der Waals surface area contributed by atoms with Gasteiger partial charge in [-0.15, -0.1) is 0 Å². The molecule has 0 saturated heterocycles. The maximum Gasteiger partial charge on any atom is 0.0967 e. The van der Waals surface area contributed by atoms with E-state index >= 15 is 0 Å². The predicted molar refractivity (Wildman–Crippen MR) is 60.6 cm³/mol. The van der Waals surface area contributed by atoms with Crippen LogP contribution in [0.4, 0.5) is 0 Å². The molecule has 0 fully saturated rings. The van der Waals surface area contributed by atoms with E-state index in [1.165, 1.54) is 5.56 Å². The summed E-state index contributed by atoms with van der Waals surface area (Å²) in [6.07, 6.45) is 5.70. The van der Waals surface area contributed by atoms with Gasteiger partial charge in [-0.2, -0.15) is 5.10 Å². The van der Waals surface area contributed by atoms with Gasteiger partial charge < -0.3 is 0 Å². The van der Waals surface area contributed by atoms with Crippen LogP contribution in [0.25, 0.3) is 11.3 Å². The van der Waals surface area contributed by atoms with Gasteiger partial charge in [-0.3, -0.25) is 9.67 Å². The Morgan fingerprint density at radius 1 is 1.33 bits per heavy atom. The third kappa shape index (κ3) is 1.91. The number of hydrogen-bond acceptors (Lipinski definition) is 2. The van der Waals surface area contributed by atoms with Crippen molar-refractivity contribution >= 4 is 0 Å². The van der Waals surface area contributed by atoms with Crippen molar-refractivity contribution in [1.29, 1.82) is 0 Å². The summed E-state index contributed by atoms with van der Waals surface area (Å²) < 4.78 is 1.98. The normalized spacial score (nSPS) is 10.9. The molecule has 3 nitrogen and oxygen atoms in total. The summed E-state index contributed by atoms with van der Waals surface area (Å²) >= 11 is 0. The first-order valence-electron chi connectivity index (χ1n) is 5.14. The zero-order valence-corrected chi connectivity index (χ0v) is 9.31. The van der Waals surface area contributed by atoms with Crippen LogP contribution in [0.2, 0.25) is 0 Å². The largest absolute Gasteiger partial charge is 0.269 e. The maximum absolute atomic E-state index is 4.56. The van der Waals surface area contributed by atoms with E-state index in [4.69, 9.17) is 0 Å². The highest BCUT2D eigenvalue weighted by molar-refractivity contribution is 5.60. The molecular formula is C12H15N3. The topological polar surface area (TPSA) is 30.7 Å². The number of aryl methyl sites for hydroxylation is 1. The van der Waals surface area contributed by atoms with Gasteiger partial charge in [-0.25, -0.2) is 0 Å². The van der Waals surface area contributed by atoms with Crippen molar-refractivity contribution in [2.75, 3.05) is 0 Å². The van der Waals surface area contributed by atoms with Crippen molar-refractivity contribution in [2.24, 2.45) is 0 Å². The predicted octanol–water partition coefficient (Wildman–Crippen LogP) is 2.83. The Labute approximate surface area is 89.8 Å². The van der Waals surface area contributed by atoms with Gasteiger partial charge in [0.1, 0.15) is 0 Å². The molecule has 3 heteroatoms. The SMILES string of the molecule is Cc1cn(C(C)C)nc1-c1cccnc1. The molecule has 0 aromatic carbocycles. The second-order valence-electron chi connectivity index (χ2n) is 3.98. The maximum atomic E-state index is 4.56. The highest BCUT2D eigenvalue weighted by Gasteiger charge is 2.08. The molecule has 2 aromatic heterocycles. The highest BCUT2D eigenvalue weighted by Crippen LogP contribution is 2.21. The highest BCUT2D eigenvalue weighted by atomic mass is 15.3. The van der Waals surface area contributed by atoms with Gasteiger partial charge in [-0.1, -0.05) is 0 Å². The van der Waals surface area contributed by atoms with Crippen LogP contribution in [0, 0.1) is 6.92 Å². The summed E-state index contributed by atoms with van der Waals surface area (Å²) in [5, 5.41) is 4.56. The molecule has 0 saturated carbocycles. The molecule has 2 aromatic rings. The first-order chi connectivity index (χ1) is 7.18. The van der Waals surface area contributed by atoms with Gasteiger partial charge in [0.05, 0.1) is 5.69 Å². The standard InChI is InChI=1S/C12H15N3/c1-9(2)15-8-10(3)12(14-15)11-5-4-6-13-7-11/h4-9H,1-3H3. The van der Waals surface area contributed by atoms with Crippen molar-refractivity contribution in [3.63, 3.8) is 0 Å². The molecule has 2 rings (SSSR count). The van der Waals surface area contributed by atoms with E-state index in [0.717, 1.165) is 11.3 Å². The average molecular weight is 201 g/mol. The lowest BCUT2D eigenvalue weighted by Crippen LogP contribution is -2.00. The minimum atomic E-state index is 0.397. The Hall–Kier alpha value is -1.64. The van der Waals surface area contributed by atoms with Crippen molar-refractivity contribution in [3.8, 4) is 11.3 Å². The monoisotopic (exact) mass is 201 g/mol. The van der Waals surface area contributed by atoms with Crippen LogP contribution >= 0.6 is 0 Å². The molecule has 0 atom stereocenters. The van der Waals surface area contributed by atoms with Crippen LogP contribution in [-0.2, 0) is 0 Å². The zero-order chi connectivity index (χ0) is 10.8. The quantitative estimate of drug-likeness (QED) is 0.748. The lowest BCUT2D eigenvalue weighted by molar-refractivity contribution is 0.533. The molecule has 0 bridgehead atoms. The van der Waals surface area contributed by atoms with E-state index in [1.807, 2.05) is 23.0 Å². The van der Waals surface area contributed by atoms with Gasteiger partial charge in [0.25, 0.3) is 0 Å². The minimum Gasteiger partial charge on any atom is -0.269 e. The van der Waals surface area contributed by atoms with Crippen molar-refractivity contribution in [3.05, 3.63) is 36.3 Å². The Bertz CT molecular complexity index is 443. The van der Waals surface area contributed by atoms with E-state index in [2.05, 4.69) is 37.1 Å². The first kappa shape index (κ1) is 9.90. The average Bonchev–Trinajstić information content (AvgIpc) is 2.62. The Balaban J connectivity index is 2.45. The summed E-state index contributed by atoms with van der Waals surface area (Å²) in [7, 11) is 0. The van der Waals surface area contributed by atoms with E-state index in [0.29, 0.717) is 6.04 Å². The smallest absolute Gasteiger partial charge is 0.0967 e. The Morgan fingerprint density at radius 3 is 2.67 bits per heavy atom. The third-order valence-electron chi connectivity index (χ3n) is 2.38. The molecule has 0 radical (unpaired) electrons. The molecule has 15 heavy (non-hydrogen) atoms. The fourth-order valence-electron chi connectivity index (χ4n) is 1.54. The van der Waals surface area contributed by atoms with Gasteiger partial charge in [0.2, 0.25) is 0 Å². The molecule has 0 aliphatic carbocycles. The van der Waals surface area contributed by atoms with E-state index in [9.17, 15) is 0 Å². The van der Waals surface area contributed by atoms with Crippen molar-refractivity contribution in [2.45, 2.75) is 26.8 Å². The number of rotatable bonds is 2. The molecule has 2 heterocycles. The number of nitrogens with zero attached hydrogens (tertiary/aromatic N) is 3. The van der Waals surface area contributed by atoms with Crippen molar-refractivity contribution in [1.82, 2.24) is 14.8 Å². The summed E-state index contributed by atoms with van der Waals surface area (Å²) in [5.41, 5.74) is 3.29. The summed E-state index contributed by atoms with van der Waals surface area (Å²) in [6, 6.07) is 4.37. The van der Waals surface area contributed by atoms with E-state index < -0.39 is 0 Å². The third-order valence-corrected chi connectivity index (χ3v) is 2.38. The van der Waals surface area contributed by atoms with Gasteiger partial charge >= 0.3 is 0 Å². The summed E-state index contributed by atoms with van der Waals surface area (Å²) in [6.45, 7) is 6.33. The van der Waals surface area contributed by atoms with Crippen LogP contribution in [-0.4, -0.2) is 14.8 Å². The molecule has 0 amide bonds. The lowest BCUT2D eigenvalue weighted by atomic mass is 10.1. The fourth-order valence-corrected chi connectivity index (χ4v) is 1.54. The number of aromatic nitrogens is 3. The van der Waals surface area contributed by atoms with Crippen LogP contribution in [0.5, 0.6) is 0 Å².